The minimum absolute atomic E-state index is 0.113. The Labute approximate surface area is 138 Å². The first-order chi connectivity index (χ1) is 11.5. The van der Waals surface area contributed by atoms with Crippen molar-refractivity contribution in [3.05, 3.63) is 53.1 Å². The molecule has 6 heteroatoms. The van der Waals surface area contributed by atoms with E-state index in [-0.39, 0.29) is 42.1 Å². The summed E-state index contributed by atoms with van der Waals surface area (Å²) in [5.41, 5.74) is -0.583. The molecule has 0 bridgehead atoms. The molecular formula is C18H18F4O2. The van der Waals surface area contributed by atoms with Gasteiger partial charge in [-0.15, -0.1) is 0 Å². The van der Waals surface area contributed by atoms with Gasteiger partial charge in [-0.05, 0) is 30.5 Å². The lowest BCUT2D eigenvalue weighted by Crippen LogP contribution is -2.03. The van der Waals surface area contributed by atoms with Gasteiger partial charge < -0.3 is 9.47 Å². The second-order valence-corrected chi connectivity index (χ2v) is 5.23. The summed E-state index contributed by atoms with van der Waals surface area (Å²) in [7, 11) is 1.45. The summed E-state index contributed by atoms with van der Waals surface area (Å²) in [5, 5.41) is 0. The molecule has 0 atom stereocenters. The Balaban J connectivity index is 2.41. The molecule has 2 aromatic carbocycles. The quantitative estimate of drug-likeness (QED) is 0.667. The third-order valence-corrected chi connectivity index (χ3v) is 3.54. The van der Waals surface area contributed by atoms with Gasteiger partial charge in [0.25, 0.3) is 0 Å². The molecule has 0 spiro atoms. The van der Waals surface area contributed by atoms with E-state index in [4.69, 9.17) is 9.47 Å². The molecule has 0 aliphatic rings. The molecule has 0 aliphatic heterocycles. The summed E-state index contributed by atoms with van der Waals surface area (Å²) < 4.78 is 66.5. The SMILES string of the molecule is CCCOc1ccc(-c2ccc(CCOC)c(F)c2F)c(F)c1F. The number of methoxy groups -OCH3 is 1. The zero-order valence-corrected chi connectivity index (χ0v) is 13.5. The molecule has 0 unspecified atom stereocenters. The Hall–Kier alpha value is -2.08. The summed E-state index contributed by atoms with van der Waals surface area (Å²) in [6, 6.07) is 4.95. The highest BCUT2D eigenvalue weighted by atomic mass is 19.2. The van der Waals surface area contributed by atoms with Crippen molar-refractivity contribution in [2.75, 3.05) is 20.3 Å². The van der Waals surface area contributed by atoms with E-state index in [1.54, 1.807) is 0 Å². The molecule has 2 nitrogen and oxygen atoms in total. The molecule has 0 saturated carbocycles. The molecule has 0 N–H and O–H groups in total. The van der Waals surface area contributed by atoms with Crippen molar-refractivity contribution in [3.63, 3.8) is 0 Å². The minimum Gasteiger partial charge on any atom is -0.490 e. The molecule has 0 heterocycles. The molecule has 0 aromatic heterocycles. The third-order valence-electron chi connectivity index (χ3n) is 3.54. The summed E-state index contributed by atoms with van der Waals surface area (Å²) in [6.45, 7) is 2.28. The standard InChI is InChI=1S/C18H18F4O2/c1-3-9-24-14-7-6-13(17(21)18(14)22)12-5-4-11(8-10-23-2)15(19)16(12)20/h4-7H,3,8-10H2,1-2H3. The van der Waals surface area contributed by atoms with Crippen molar-refractivity contribution in [2.45, 2.75) is 19.8 Å². The fourth-order valence-corrected chi connectivity index (χ4v) is 2.27. The molecule has 2 rings (SSSR count). The van der Waals surface area contributed by atoms with Crippen LogP contribution in [0.25, 0.3) is 11.1 Å². The smallest absolute Gasteiger partial charge is 0.201 e. The van der Waals surface area contributed by atoms with Gasteiger partial charge in [0.2, 0.25) is 5.82 Å². The molecule has 0 fully saturated rings. The summed E-state index contributed by atoms with van der Waals surface area (Å²) in [5.74, 6) is -5.05. The Bertz CT molecular complexity index is 655. The zero-order chi connectivity index (χ0) is 17.7. The van der Waals surface area contributed by atoms with Crippen LogP contribution < -0.4 is 4.74 Å². The Morgan fingerprint density at radius 2 is 1.42 bits per heavy atom. The van der Waals surface area contributed by atoms with Crippen LogP contribution in [-0.4, -0.2) is 20.3 Å². The highest BCUT2D eigenvalue weighted by molar-refractivity contribution is 5.66. The van der Waals surface area contributed by atoms with Crippen LogP contribution in [-0.2, 0) is 11.2 Å². The van der Waals surface area contributed by atoms with Crippen LogP contribution in [0.3, 0.4) is 0 Å². The van der Waals surface area contributed by atoms with E-state index in [1.165, 1.54) is 31.4 Å². The normalized spacial score (nSPS) is 10.9. The number of hydrogen-bond acceptors (Lipinski definition) is 2. The second kappa shape index (κ2) is 8.15. The van der Waals surface area contributed by atoms with Crippen molar-refractivity contribution < 1.29 is 27.0 Å². The summed E-state index contributed by atoms with van der Waals surface area (Å²) in [6.07, 6.45) is 0.811. The fourth-order valence-electron chi connectivity index (χ4n) is 2.27. The van der Waals surface area contributed by atoms with Gasteiger partial charge in [0.15, 0.2) is 23.2 Å². The predicted octanol–water partition coefficient (Wildman–Crippen LogP) is 4.89. The van der Waals surface area contributed by atoms with Gasteiger partial charge in [-0.25, -0.2) is 13.2 Å². The molecule has 0 aliphatic carbocycles. The molecule has 130 valence electrons. The first kappa shape index (κ1) is 18.3. The first-order valence-corrected chi connectivity index (χ1v) is 7.58. The Kier molecular flexibility index (Phi) is 6.20. The number of hydrogen-bond donors (Lipinski definition) is 0. The monoisotopic (exact) mass is 342 g/mol. The van der Waals surface area contributed by atoms with Crippen LogP contribution in [0, 0.1) is 23.3 Å². The topological polar surface area (TPSA) is 18.5 Å². The van der Waals surface area contributed by atoms with E-state index in [0.717, 1.165) is 0 Å². The molecule has 0 radical (unpaired) electrons. The number of rotatable bonds is 7. The third kappa shape index (κ3) is 3.70. The van der Waals surface area contributed by atoms with E-state index in [1.807, 2.05) is 6.92 Å². The van der Waals surface area contributed by atoms with Crippen LogP contribution in [0.15, 0.2) is 24.3 Å². The van der Waals surface area contributed by atoms with Crippen molar-refractivity contribution in [2.24, 2.45) is 0 Å². The minimum atomic E-state index is -1.27. The first-order valence-electron chi connectivity index (χ1n) is 7.58. The maximum atomic E-state index is 14.3. The molecule has 2 aromatic rings. The van der Waals surface area contributed by atoms with Crippen molar-refractivity contribution >= 4 is 0 Å². The summed E-state index contributed by atoms with van der Waals surface area (Å²) >= 11 is 0. The highest BCUT2D eigenvalue weighted by Gasteiger charge is 2.21. The highest BCUT2D eigenvalue weighted by Crippen LogP contribution is 2.33. The average Bonchev–Trinajstić information content (AvgIpc) is 2.58. The van der Waals surface area contributed by atoms with Gasteiger partial charge in [-0.1, -0.05) is 19.1 Å². The van der Waals surface area contributed by atoms with Gasteiger partial charge in [0, 0.05) is 18.2 Å². The van der Waals surface area contributed by atoms with Gasteiger partial charge in [0.05, 0.1) is 13.2 Å². The second-order valence-electron chi connectivity index (χ2n) is 5.23. The molecule has 24 heavy (non-hydrogen) atoms. The predicted molar refractivity (Wildman–Crippen MR) is 83.1 cm³/mol. The van der Waals surface area contributed by atoms with Crippen molar-refractivity contribution in [1.82, 2.24) is 0 Å². The van der Waals surface area contributed by atoms with Gasteiger partial charge in [-0.3, -0.25) is 0 Å². The lowest BCUT2D eigenvalue weighted by atomic mass is 10.0. The zero-order valence-electron chi connectivity index (χ0n) is 13.5. The van der Waals surface area contributed by atoms with E-state index < -0.39 is 23.3 Å². The van der Waals surface area contributed by atoms with Crippen molar-refractivity contribution in [1.29, 1.82) is 0 Å². The van der Waals surface area contributed by atoms with E-state index >= 15 is 0 Å². The molecule has 0 saturated heterocycles. The fraction of sp³-hybridized carbons (Fsp3) is 0.333. The average molecular weight is 342 g/mol. The van der Waals surface area contributed by atoms with Crippen LogP contribution in [0.4, 0.5) is 17.6 Å². The lowest BCUT2D eigenvalue weighted by Gasteiger charge is -2.12. The van der Waals surface area contributed by atoms with Gasteiger partial charge in [0.1, 0.15) is 0 Å². The van der Waals surface area contributed by atoms with Crippen LogP contribution in [0.2, 0.25) is 0 Å². The number of halogens is 4. The number of benzene rings is 2. The Morgan fingerprint density at radius 3 is 2.04 bits per heavy atom. The maximum Gasteiger partial charge on any atom is 0.201 e. The maximum absolute atomic E-state index is 14.3. The van der Waals surface area contributed by atoms with E-state index in [0.29, 0.717) is 6.42 Å². The van der Waals surface area contributed by atoms with Crippen LogP contribution in [0.1, 0.15) is 18.9 Å². The molecule has 0 amide bonds. The van der Waals surface area contributed by atoms with Gasteiger partial charge >= 0.3 is 0 Å². The lowest BCUT2D eigenvalue weighted by molar-refractivity contribution is 0.201. The molecular weight excluding hydrogens is 324 g/mol. The van der Waals surface area contributed by atoms with Crippen molar-refractivity contribution in [3.8, 4) is 16.9 Å². The largest absolute Gasteiger partial charge is 0.490 e. The van der Waals surface area contributed by atoms with Crippen LogP contribution >= 0.6 is 0 Å². The van der Waals surface area contributed by atoms with Gasteiger partial charge in [-0.2, -0.15) is 4.39 Å². The van der Waals surface area contributed by atoms with E-state index in [2.05, 4.69) is 0 Å². The van der Waals surface area contributed by atoms with E-state index in [9.17, 15) is 17.6 Å². The number of ether oxygens (including phenoxy) is 2. The van der Waals surface area contributed by atoms with Crippen LogP contribution in [0.5, 0.6) is 5.75 Å². The Morgan fingerprint density at radius 1 is 0.792 bits per heavy atom. The summed E-state index contributed by atoms with van der Waals surface area (Å²) in [4.78, 5) is 0.